The summed E-state index contributed by atoms with van der Waals surface area (Å²) in [7, 11) is 0. The Morgan fingerprint density at radius 3 is 2.83 bits per heavy atom. The molecule has 178 valence electrons. The fourth-order valence-corrected chi connectivity index (χ4v) is 4.51. The molecule has 0 saturated heterocycles. The minimum Gasteiger partial charge on any atom is -0.444 e. The van der Waals surface area contributed by atoms with Crippen molar-refractivity contribution in [3.63, 3.8) is 0 Å². The molecule has 0 spiro atoms. The van der Waals surface area contributed by atoms with Crippen LogP contribution in [0.1, 0.15) is 42.1 Å². The summed E-state index contributed by atoms with van der Waals surface area (Å²) in [5.41, 5.74) is 4.17. The number of anilines is 1. The topological polar surface area (TPSA) is 106 Å². The monoisotopic (exact) mass is 487 g/mol. The molecular formula is C26H25N5O3S. The van der Waals surface area contributed by atoms with Crippen LogP contribution in [0.5, 0.6) is 0 Å². The smallest absolute Gasteiger partial charge is 0.277 e. The standard InChI is InChI=1S/C26H25N5O3S/c1-16-11-17(7-9-27-16)25-30-21(15-34-25)24(32)29-20-14-31-13-18(6-8-26(2,3)33)28-23(31)12-19(20)22-5-4-10-35-22/h4-5,7,9-15,33H,6,8H2,1-3H3,(H,29,32). The van der Waals surface area contributed by atoms with Crippen LogP contribution >= 0.6 is 11.3 Å². The lowest BCUT2D eigenvalue weighted by Gasteiger charge is -2.15. The predicted molar refractivity (Wildman–Crippen MR) is 136 cm³/mol. The van der Waals surface area contributed by atoms with Crippen LogP contribution in [-0.2, 0) is 6.42 Å². The van der Waals surface area contributed by atoms with Crippen molar-refractivity contribution in [3.8, 4) is 21.9 Å². The van der Waals surface area contributed by atoms with Gasteiger partial charge in [0.2, 0.25) is 5.89 Å². The molecule has 1 amide bonds. The Kier molecular flexibility index (Phi) is 5.96. The van der Waals surface area contributed by atoms with Gasteiger partial charge in [-0.25, -0.2) is 9.97 Å². The van der Waals surface area contributed by atoms with Crippen molar-refractivity contribution >= 4 is 28.6 Å². The van der Waals surface area contributed by atoms with Gasteiger partial charge in [0.05, 0.1) is 17.0 Å². The largest absolute Gasteiger partial charge is 0.444 e. The van der Waals surface area contributed by atoms with Crippen molar-refractivity contribution in [2.45, 2.75) is 39.2 Å². The Morgan fingerprint density at radius 2 is 2.09 bits per heavy atom. The molecule has 5 heterocycles. The van der Waals surface area contributed by atoms with Crippen molar-refractivity contribution < 1.29 is 14.3 Å². The number of aliphatic hydroxyl groups is 1. The van der Waals surface area contributed by atoms with E-state index in [1.165, 1.54) is 6.26 Å². The van der Waals surface area contributed by atoms with Gasteiger partial charge in [-0.15, -0.1) is 11.3 Å². The van der Waals surface area contributed by atoms with Gasteiger partial charge >= 0.3 is 0 Å². The number of aryl methyl sites for hydroxylation is 2. The maximum absolute atomic E-state index is 13.1. The molecule has 0 aliphatic rings. The van der Waals surface area contributed by atoms with Gasteiger partial charge in [0, 0.05) is 40.3 Å². The third kappa shape index (κ3) is 5.16. The van der Waals surface area contributed by atoms with Crippen molar-refractivity contribution in [2.24, 2.45) is 0 Å². The van der Waals surface area contributed by atoms with E-state index in [9.17, 15) is 9.90 Å². The van der Waals surface area contributed by atoms with Gasteiger partial charge in [-0.05, 0) is 63.3 Å². The van der Waals surface area contributed by atoms with E-state index in [1.54, 1.807) is 37.4 Å². The van der Waals surface area contributed by atoms with Gasteiger partial charge in [-0.2, -0.15) is 0 Å². The van der Waals surface area contributed by atoms with Gasteiger partial charge in [0.1, 0.15) is 11.9 Å². The minimum atomic E-state index is -0.761. The van der Waals surface area contributed by atoms with Crippen LogP contribution in [-0.4, -0.2) is 36.0 Å². The number of thiophene rings is 1. The number of hydrogen-bond acceptors (Lipinski definition) is 7. The number of carbonyl (C=O) groups excluding carboxylic acids is 1. The molecule has 0 saturated carbocycles. The van der Waals surface area contributed by atoms with Crippen molar-refractivity contribution in [2.75, 3.05) is 5.32 Å². The van der Waals surface area contributed by atoms with Gasteiger partial charge in [0.25, 0.3) is 5.91 Å². The first-order valence-corrected chi connectivity index (χ1v) is 12.1. The molecular weight excluding hydrogens is 462 g/mol. The predicted octanol–water partition coefficient (Wildman–Crippen LogP) is 5.38. The molecule has 0 unspecified atom stereocenters. The molecule has 2 N–H and O–H groups in total. The molecule has 5 rings (SSSR count). The quantitative estimate of drug-likeness (QED) is 0.319. The molecule has 5 aromatic heterocycles. The molecule has 0 aliphatic carbocycles. The van der Waals surface area contributed by atoms with Gasteiger partial charge in [0.15, 0.2) is 5.69 Å². The molecule has 5 aromatic rings. The zero-order valence-electron chi connectivity index (χ0n) is 19.6. The summed E-state index contributed by atoms with van der Waals surface area (Å²) in [6, 6.07) is 9.58. The van der Waals surface area contributed by atoms with E-state index in [0.717, 1.165) is 33.0 Å². The van der Waals surface area contributed by atoms with Crippen LogP contribution < -0.4 is 5.32 Å². The maximum Gasteiger partial charge on any atom is 0.277 e. The number of fused-ring (bicyclic) bond motifs is 1. The van der Waals surface area contributed by atoms with E-state index in [1.807, 2.05) is 53.4 Å². The second-order valence-electron chi connectivity index (χ2n) is 9.07. The first-order valence-electron chi connectivity index (χ1n) is 11.2. The fourth-order valence-electron chi connectivity index (χ4n) is 3.75. The second-order valence-corrected chi connectivity index (χ2v) is 10.0. The number of nitrogens with zero attached hydrogens (tertiary/aromatic N) is 4. The third-order valence-electron chi connectivity index (χ3n) is 5.55. The lowest BCUT2D eigenvalue weighted by Crippen LogP contribution is -2.19. The van der Waals surface area contributed by atoms with E-state index < -0.39 is 5.60 Å². The minimum absolute atomic E-state index is 0.184. The molecule has 8 nitrogen and oxygen atoms in total. The van der Waals surface area contributed by atoms with E-state index in [0.29, 0.717) is 24.4 Å². The van der Waals surface area contributed by atoms with Crippen molar-refractivity contribution in [1.29, 1.82) is 0 Å². The maximum atomic E-state index is 13.1. The van der Waals surface area contributed by atoms with Crippen LogP contribution in [0.15, 0.2) is 65.0 Å². The first-order chi connectivity index (χ1) is 16.7. The Balaban J connectivity index is 1.45. The molecule has 0 atom stereocenters. The SMILES string of the molecule is Cc1cc(-c2nc(C(=O)Nc3cn4cc(CCC(C)(C)O)nc4cc3-c3cccs3)co2)ccn1. The number of pyridine rings is 2. The molecule has 35 heavy (non-hydrogen) atoms. The summed E-state index contributed by atoms with van der Waals surface area (Å²) in [5, 5.41) is 15.1. The summed E-state index contributed by atoms with van der Waals surface area (Å²) >= 11 is 1.58. The number of carbonyl (C=O) groups is 1. The van der Waals surface area contributed by atoms with E-state index in [4.69, 9.17) is 9.40 Å². The summed E-state index contributed by atoms with van der Waals surface area (Å²) in [5.74, 6) is -0.00838. The average molecular weight is 488 g/mol. The summed E-state index contributed by atoms with van der Waals surface area (Å²) in [6.07, 6.45) is 8.07. The zero-order chi connectivity index (χ0) is 24.6. The Labute approximate surface area is 206 Å². The van der Waals surface area contributed by atoms with Crippen LogP contribution in [0.3, 0.4) is 0 Å². The van der Waals surface area contributed by atoms with E-state index in [-0.39, 0.29) is 11.6 Å². The Bertz CT molecular complexity index is 1500. The van der Waals surface area contributed by atoms with Gasteiger partial charge in [-0.3, -0.25) is 9.78 Å². The zero-order valence-corrected chi connectivity index (χ0v) is 20.5. The number of oxazole rings is 1. The van der Waals surface area contributed by atoms with E-state index in [2.05, 4.69) is 15.3 Å². The summed E-state index contributed by atoms with van der Waals surface area (Å²) in [4.78, 5) is 27.4. The summed E-state index contributed by atoms with van der Waals surface area (Å²) in [6.45, 7) is 5.46. The number of aromatic nitrogens is 4. The number of rotatable bonds is 7. The Morgan fingerprint density at radius 1 is 1.23 bits per heavy atom. The van der Waals surface area contributed by atoms with Gasteiger partial charge in [-0.1, -0.05) is 6.07 Å². The third-order valence-corrected chi connectivity index (χ3v) is 6.45. The highest BCUT2D eigenvalue weighted by Crippen LogP contribution is 2.33. The summed E-state index contributed by atoms with van der Waals surface area (Å²) < 4.78 is 7.45. The molecule has 0 aliphatic heterocycles. The molecule has 0 radical (unpaired) electrons. The first kappa shape index (κ1) is 22.9. The second kappa shape index (κ2) is 9.09. The van der Waals surface area contributed by atoms with Gasteiger partial charge < -0.3 is 19.2 Å². The lowest BCUT2D eigenvalue weighted by atomic mass is 10.0. The van der Waals surface area contributed by atoms with Crippen LogP contribution in [0.2, 0.25) is 0 Å². The number of amides is 1. The van der Waals surface area contributed by atoms with Crippen molar-refractivity contribution in [1.82, 2.24) is 19.4 Å². The number of hydrogen-bond donors (Lipinski definition) is 2. The number of nitrogens with one attached hydrogen (secondary N) is 1. The highest BCUT2D eigenvalue weighted by atomic mass is 32.1. The molecule has 9 heteroatoms. The normalized spacial score (nSPS) is 11.8. The van der Waals surface area contributed by atoms with Crippen LogP contribution in [0, 0.1) is 6.92 Å². The molecule has 0 bridgehead atoms. The number of imidazole rings is 1. The van der Waals surface area contributed by atoms with E-state index >= 15 is 0 Å². The fraction of sp³-hybridized carbons (Fsp3) is 0.231. The van der Waals surface area contributed by atoms with Crippen molar-refractivity contribution in [3.05, 3.63) is 77.6 Å². The van der Waals surface area contributed by atoms with Crippen LogP contribution in [0.4, 0.5) is 5.69 Å². The Hall–Kier alpha value is -3.82. The highest BCUT2D eigenvalue weighted by molar-refractivity contribution is 7.13. The highest BCUT2D eigenvalue weighted by Gasteiger charge is 2.19. The molecule has 0 fully saturated rings. The van der Waals surface area contributed by atoms with Crippen LogP contribution in [0.25, 0.3) is 27.5 Å². The average Bonchev–Trinajstić information content (AvgIpc) is 3.57. The lowest BCUT2D eigenvalue weighted by molar-refractivity contribution is 0.0711. The molecule has 0 aromatic carbocycles.